The van der Waals surface area contributed by atoms with Crippen LogP contribution in [0, 0.1) is 0 Å². The zero-order valence-electron chi connectivity index (χ0n) is 11.0. The van der Waals surface area contributed by atoms with Crippen LogP contribution in [0.1, 0.15) is 24.1 Å². The highest BCUT2D eigenvalue weighted by molar-refractivity contribution is 5.34. The largest absolute Gasteiger partial charge is 0.435 e. The topological polar surface area (TPSA) is 65.1 Å². The van der Waals surface area contributed by atoms with Crippen molar-refractivity contribution in [3.63, 3.8) is 0 Å². The van der Waals surface area contributed by atoms with E-state index in [1.54, 1.807) is 23.0 Å². The van der Waals surface area contributed by atoms with Gasteiger partial charge in [-0.2, -0.15) is 13.9 Å². The number of halogens is 2. The van der Waals surface area contributed by atoms with Crippen LogP contribution in [-0.2, 0) is 6.54 Å². The SMILES string of the molecule is CCn1cc(C(NN)c2ccc(OC(F)F)cc2)cn1. The van der Waals surface area contributed by atoms with E-state index in [-0.39, 0.29) is 11.8 Å². The number of aromatic nitrogens is 2. The molecule has 0 aliphatic carbocycles. The third-order valence-electron chi connectivity index (χ3n) is 2.92. The second-order valence-electron chi connectivity index (χ2n) is 4.18. The molecule has 2 rings (SSSR count). The van der Waals surface area contributed by atoms with Gasteiger partial charge in [-0.25, -0.2) is 5.43 Å². The van der Waals surface area contributed by atoms with Crippen molar-refractivity contribution < 1.29 is 13.5 Å². The highest BCUT2D eigenvalue weighted by atomic mass is 19.3. The van der Waals surface area contributed by atoms with E-state index in [0.29, 0.717) is 0 Å². The molecule has 5 nitrogen and oxygen atoms in total. The number of nitrogens with zero attached hydrogens (tertiary/aromatic N) is 2. The summed E-state index contributed by atoms with van der Waals surface area (Å²) in [5, 5.41) is 4.18. The molecule has 3 N–H and O–H groups in total. The van der Waals surface area contributed by atoms with Crippen LogP contribution in [0.2, 0.25) is 0 Å². The van der Waals surface area contributed by atoms with Gasteiger partial charge in [-0.3, -0.25) is 10.5 Å². The molecule has 0 spiro atoms. The fourth-order valence-corrected chi connectivity index (χ4v) is 1.93. The fourth-order valence-electron chi connectivity index (χ4n) is 1.93. The third kappa shape index (κ3) is 3.31. The maximum absolute atomic E-state index is 12.1. The number of hydrogen-bond acceptors (Lipinski definition) is 4. The first-order valence-electron chi connectivity index (χ1n) is 6.17. The van der Waals surface area contributed by atoms with Crippen molar-refractivity contribution >= 4 is 0 Å². The maximum Gasteiger partial charge on any atom is 0.387 e. The Morgan fingerprint density at radius 1 is 1.30 bits per heavy atom. The first kappa shape index (κ1) is 14.4. The van der Waals surface area contributed by atoms with Gasteiger partial charge < -0.3 is 4.74 Å². The molecule has 7 heteroatoms. The number of nitrogens with two attached hydrogens (primary N) is 1. The van der Waals surface area contributed by atoms with E-state index in [1.807, 2.05) is 13.1 Å². The van der Waals surface area contributed by atoms with Crippen molar-refractivity contribution in [2.24, 2.45) is 5.84 Å². The lowest BCUT2D eigenvalue weighted by Gasteiger charge is -2.15. The van der Waals surface area contributed by atoms with Crippen LogP contribution in [0.4, 0.5) is 8.78 Å². The monoisotopic (exact) mass is 282 g/mol. The lowest BCUT2D eigenvalue weighted by molar-refractivity contribution is -0.0498. The lowest BCUT2D eigenvalue weighted by atomic mass is 10.0. The molecule has 1 unspecified atom stereocenters. The van der Waals surface area contributed by atoms with Gasteiger partial charge in [-0.15, -0.1) is 0 Å². The number of hydrogen-bond donors (Lipinski definition) is 2. The minimum Gasteiger partial charge on any atom is -0.435 e. The number of rotatable bonds is 6. The summed E-state index contributed by atoms with van der Waals surface area (Å²) in [6.45, 7) is -0.0802. The van der Waals surface area contributed by atoms with Crippen molar-refractivity contribution in [3.05, 3.63) is 47.8 Å². The molecule has 0 radical (unpaired) electrons. The molecule has 1 atom stereocenters. The predicted octanol–water partition coefficient (Wildman–Crippen LogP) is 2.06. The van der Waals surface area contributed by atoms with Crippen LogP contribution >= 0.6 is 0 Å². The summed E-state index contributed by atoms with van der Waals surface area (Å²) in [5.74, 6) is 5.68. The number of ether oxygens (including phenoxy) is 1. The van der Waals surface area contributed by atoms with E-state index in [1.165, 1.54) is 12.1 Å². The highest BCUT2D eigenvalue weighted by Crippen LogP contribution is 2.23. The van der Waals surface area contributed by atoms with Crippen LogP contribution in [0.25, 0.3) is 0 Å². The molecule has 108 valence electrons. The van der Waals surface area contributed by atoms with Gasteiger partial charge in [0, 0.05) is 18.3 Å². The molecule has 0 aliphatic heterocycles. The molecule has 0 aliphatic rings. The molecule has 1 aromatic carbocycles. The summed E-state index contributed by atoms with van der Waals surface area (Å²) in [6.07, 6.45) is 3.60. The summed E-state index contributed by atoms with van der Waals surface area (Å²) in [5.41, 5.74) is 4.43. The first-order chi connectivity index (χ1) is 9.63. The average molecular weight is 282 g/mol. The zero-order valence-corrected chi connectivity index (χ0v) is 11.0. The van der Waals surface area contributed by atoms with Crippen molar-refractivity contribution in [1.29, 1.82) is 0 Å². The van der Waals surface area contributed by atoms with Crippen molar-refractivity contribution in [2.45, 2.75) is 26.1 Å². The molecular formula is C13H16F2N4O. The average Bonchev–Trinajstić information content (AvgIpc) is 2.90. The minimum atomic E-state index is -2.83. The van der Waals surface area contributed by atoms with Crippen molar-refractivity contribution in [3.8, 4) is 5.75 Å². The van der Waals surface area contributed by atoms with E-state index < -0.39 is 6.61 Å². The fraction of sp³-hybridized carbons (Fsp3) is 0.308. The summed E-state index contributed by atoms with van der Waals surface area (Å²) >= 11 is 0. The molecule has 20 heavy (non-hydrogen) atoms. The van der Waals surface area contributed by atoms with Crippen LogP contribution in [0.3, 0.4) is 0 Å². The third-order valence-corrected chi connectivity index (χ3v) is 2.92. The molecule has 0 bridgehead atoms. The molecule has 2 aromatic rings. The number of alkyl halides is 2. The Kier molecular flexibility index (Phi) is 4.65. The van der Waals surface area contributed by atoms with Gasteiger partial charge >= 0.3 is 6.61 Å². The summed E-state index contributed by atoms with van der Waals surface area (Å²) in [7, 11) is 0. The summed E-state index contributed by atoms with van der Waals surface area (Å²) in [6, 6.07) is 6.08. The molecular weight excluding hydrogens is 266 g/mol. The Bertz CT molecular complexity index is 542. The molecule has 0 saturated carbocycles. The number of nitrogens with one attached hydrogen (secondary N) is 1. The molecule has 1 heterocycles. The maximum atomic E-state index is 12.1. The summed E-state index contributed by atoms with van der Waals surface area (Å²) in [4.78, 5) is 0. The van der Waals surface area contributed by atoms with E-state index in [0.717, 1.165) is 17.7 Å². The van der Waals surface area contributed by atoms with Gasteiger partial charge in [-0.05, 0) is 24.6 Å². The van der Waals surface area contributed by atoms with Gasteiger partial charge in [0.25, 0.3) is 0 Å². The normalized spacial score (nSPS) is 12.7. The number of hydrazine groups is 1. The Hall–Kier alpha value is -1.99. The molecule has 0 amide bonds. The molecule has 0 fully saturated rings. The highest BCUT2D eigenvalue weighted by Gasteiger charge is 2.14. The van der Waals surface area contributed by atoms with Gasteiger partial charge in [0.1, 0.15) is 5.75 Å². The van der Waals surface area contributed by atoms with E-state index in [9.17, 15) is 8.78 Å². The van der Waals surface area contributed by atoms with Gasteiger partial charge in [0.05, 0.1) is 12.2 Å². The van der Waals surface area contributed by atoms with Gasteiger partial charge in [-0.1, -0.05) is 12.1 Å². The zero-order chi connectivity index (χ0) is 14.5. The Balaban J connectivity index is 2.18. The standard InChI is InChI=1S/C13H16F2N4O/c1-2-19-8-10(7-17-19)12(18-16)9-3-5-11(6-4-9)20-13(14)15/h3-8,12-13,18H,2,16H2,1H3. The second-order valence-corrected chi connectivity index (χ2v) is 4.18. The van der Waals surface area contributed by atoms with Crippen LogP contribution < -0.4 is 16.0 Å². The van der Waals surface area contributed by atoms with E-state index in [2.05, 4.69) is 15.3 Å². The van der Waals surface area contributed by atoms with Crippen LogP contribution in [0.15, 0.2) is 36.7 Å². The summed E-state index contributed by atoms with van der Waals surface area (Å²) < 4.78 is 30.3. The predicted molar refractivity (Wildman–Crippen MR) is 70.1 cm³/mol. The van der Waals surface area contributed by atoms with Crippen LogP contribution in [-0.4, -0.2) is 16.4 Å². The molecule has 1 aromatic heterocycles. The quantitative estimate of drug-likeness (QED) is 0.628. The lowest BCUT2D eigenvalue weighted by Crippen LogP contribution is -2.28. The van der Waals surface area contributed by atoms with E-state index in [4.69, 9.17) is 5.84 Å². The Morgan fingerprint density at radius 3 is 2.50 bits per heavy atom. The van der Waals surface area contributed by atoms with Crippen LogP contribution in [0.5, 0.6) is 5.75 Å². The van der Waals surface area contributed by atoms with Crippen molar-refractivity contribution in [2.75, 3.05) is 0 Å². The number of aryl methyl sites for hydroxylation is 1. The Morgan fingerprint density at radius 2 is 2.00 bits per heavy atom. The minimum absolute atomic E-state index is 0.115. The van der Waals surface area contributed by atoms with E-state index >= 15 is 0 Å². The van der Waals surface area contributed by atoms with Gasteiger partial charge in [0.2, 0.25) is 0 Å². The van der Waals surface area contributed by atoms with Crippen molar-refractivity contribution in [1.82, 2.24) is 15.2 Å². The Labute approximate surface area is 115 Å². The second kappa shape index (κ2) is 6.44. The smallest absolute Gasteiger partial charge is 0.387 e. The molecule has 0 saturated heterocycles. The first-order valence-corrected chi connectivity index (χ1v) is 6.17. The van der Waals surface area contributed by atoms with Gasteiger partial charge in [0.15, 0.2) is 0 Å². The number of benzene rings is 1.